The van der Waals surface area contributed by atoms with E-state index in [4.69, 9.17) is 5.73 Å². The number of rotatable bonds is 5. The van der Waals surface area contributed by atoms with E-state index in [0.29, 0.717) is 17.8 Å². The number of carbonyl (C=O) groups is 1. The molecule has 0 aliphatic rings. The molecule has 2 aromatic carbocycles. The van der Waals surface area contributed by atoms with E-state index in [1.54, 1.807) is 12.1 Å². The molecule has 0 heterocycles. The molecule has 21 heavy (non-hydrogen) atoms. The molecule has 0 aromatic heterocycles. The van der Waals surface area contributed by atoms with Crippen molar-refractivity contribution in [1.82, 2.24) is 5.32 Å². The summed E-state index contributed by atoms with van der Waals surface area (Å²) in [5.41, 5.74) is 8.55. The minimum atomic E-state index is -0.122. The number of halogens is 1. The zero-order chi connectivity index (χ0) is 15.2. The number of hydrogen-bond donors (Lipinski definition) is 3. The van der Waals surface area contributed by atoms with Gasteiger partial charge in [-0.3, -0.25) is 4.79 Å². The molecule has 4 N–H and O–H groups in total. The highest BCUT2D eigenvalue weighted by atomic mass is 79.9. The Bertz CT molecular complexity index is 626. The monoisotopic (exact) mass is 347 g/mol. The summed E-state index contributed by atoms with van der Waals surface area (Å²) < 4.78 is 1.01. The molecular formula is C16H18BrN3O. The Morgan fingerprint density at radius 2 is 1.90 bits per heavy atom. The van der Waals surface area contributed by atoms with Crippen LogP contribution in [0, 0.1) is 0 Å². The van der Waals surface area contributed by atoms with Crippen molar-refractivity contribution in [2.45, 2.75) is 13.3 Å². The fraction of sp³-hybridized carbons (Fsp3) is 0.188. The second-order valence-electron chi connectivity index (χ2n) is 4.69. The van der Waals surface area contributed by atoms with Gasteiger partial charge >= 0.3 is 0 Å². The molecule has 0 aliphatic heterocycles. The first kappa shape index (κ1) is 15.4. The van der Waals surface area contributed by atoms with Crippen LogP contribution in [-0.2, 0) is 0 Å². The van der Waals surface area contributed by atoms with Gasteiger partial charge in [-0.2, -0.15) is 0 Å². The molecule has 0 atom stereocenters. The maximum Gasteiger partial charge on any atom is 0.253 e. The van der Waals surface area contributed by atoms with Crippen molar-refractivity contribution in [2.75, 3.05) is 17.6 Å². The van der Waals surface area contributed by atoms with Crippen molar-refractivity contribution in [1.29, 1.82) is 0 Å². The minimum Gasteiger partial charge on any atom is -0.399 e. The second kappa shape index (κ2) is 7.13. The lowest BCUT2D eigenvalue weighted by Gasteiger charge is -2.13. The predicted molar refractivity (Wildman–Crippen MR) is 90.9 cm³/mol. The molecule has 2 aromatic rings. The summed E-state index contributed by atoms with van der Waals surface area (Å²) in [5, 5.41) is 6.12. The molecule has 110 valence electrons. The normalized spacial score (nSPS) is 10.2. The molecule has 4 nitrogen and oxygen atoms in total. The molecule has 0 spiro atoms. The topological polar surface area (TPSA) is 67.2 Å². The van der Waals surface area contributed by atoms with Gasteiger partial charge in [0.05, 0.1) is 11.3 Å². The summed E-state index contributed by atoms with van der Waals surface area (Å²) in [7, 11) is 0. The van der Waals surface area contributed by atoms with E-state index in [2.05, 4.69) is 26.6 Å². The van der Waals surface area contributed by atoms with Crippen LogP contribution in [0.5, 0.6) is 0 Å². The summed E-state index contributed by atoms with van der Waals surface area (Å²) in [6.45, 7) is 2.66. The summed E-state index contributed by atoms with van der Waals surface area (Å²) in [6, 6.07) is 13.0. The lowest BCUT2D eigenvalue weighted by Crippen LogP contribution is -2.24. The average Bonchev–Trinajstić information content (AvgIpc) is 2.49. The van der Waals surface area contributed by atoms with Gasteiger partial charge in [0.2, 0.25) is 0 Å². The molecule has 0 fully saturated rings. The van der Waals surface area contributed by atoms with E-state index >= 15 is 0 Å². The Kier molecular flexibility index (Phi) is 5.22. The fourth-order valence-electron chi connectivity index (χ4n) is 1.88. The number of carbonyl (C=O) groups excluding carboxylic acids is 1. The first-order chi connectivity index (χ1) is 10.1. The maximum absolute atomic E-state index is 12.2. The zero-order valence-electron chi connectivity index (χ0n) is 11.8. The molecule has 0 radical (unpaired) electrons. The minimum absolute atomic E-state index is 0.122. The third-order valence-electron chi connectivity index (χ3n) is 2.95. The number of nitrogens with two attached hydrogens (primary N) is 1. The molecule has 0 saturated heterocycles. The predicted octanol–water partition coefficient (Wildman–Crippen LogP) is 3.91. The van der Waals surface area contributed by atoms with Gasteiger partial charge in [0, 0.05) is 22.4 Å². The lowest BCUT2D eigenvalue weighted by molar-refractivity contribution is 0.0954. The highest BCUT2D eigenvalue weighted by molar-refractivity contribution is 9.10. The molecule has 5 heteroatoms. The molecule has 0 aliphatic carbocycles. The van der Waals surface area contributed by atoms with Crippen molar-refractivity contribution in [3.8, 4) is 0 Å². The number of anilines is 3. The van der Waals surface area contributed by atoms with E-state index in [1.165, 1.54) is 0 Å². The van der Waals surface area contributed by atoms with Crippen LogP contribution in [-0.4, -0.2) is 12.5 Å². The summed E-state index contributed by atoms with van der Waals surface area (Å²) in [6.07, 6.45) is 0.892. The average molecular weight is 348 g/mol. The van der Waals surface area contributed by atoms with Crippen LogP contribution in [0.4, 0.5) is 17.1 Å². The summed E-state index contributed by atoms with van der Waals surface area (Å²) >= 11 is 3.40. The molecule has 0 saturated carbocycles. The van der Waals surface area contributed by atoms with Gasteiger partial charge in [0.25, 0.3) is 5.91 Å². The van der Waals surface area contributed by atoms with Gasteiger partial charge in [-0.25, -0.2) is 0 Å². The largest absolute Gasteiger partial charge is 0.399 e. The Morgan fingerprint density at radius 3 is 2.57 bits per heavy atom. The number of benzene rings is 2. The Balaban J connectivity index is 2.26. The smallest absolute Gasteiger partial charge is 0.253 e. The molecule has 2 rings (SSSR count). The van der Waals surface area contributed by atoms with Crippen LogP contribution in [0.15, 0.2) is 46.9 Å². The Labute approximate surface area is 132 Å². The SMILES string of the molecule is CCCNC(=O)c1cc(N)ccc1Nc1ccc(Br)cc1. The van der Waals surface area contributed by atoms with Gasteiger partial charge in [-0.05, 0) is 48.9 Å². The standard InChI is InChI=1S/C16H18BrN3O/c1-2-9-19-16(21)14-10-12(18)5-8-15(14)20-13-6-3-11(17)4-7-13/h3-8,10,20H,2,9,18H2,1H3,(H,19,21). The lowest BCUT2D eigenvalue weighted by atomic mass is 10.1. The second-order valence-corrected chi connectivity index (χ2v) is 5.61. The van der Waals surface area contributed by atoms with Gasteiger partial charge in [0.1, 0.15) is 0 Å². The highest BCUT2D eigenvalue weighted by Gasteiger charge is 2.11. The first-order valence-electron chi connectivity index (χ1n) is 6.80. The van der Waals surface area contributed by atoms with Gasteiger partial charge in [0.15, 0.2) is 0 Å². The summed E-state index contributed by atoms with van der Waals surface area (Å²) in [5.74, 6) is -0.122. The van der Waals surface area contributed by atoms with E-state index in [1.807, 2.05) is 37.3 Å². The van der Waals surface area contributed by atoms with Gasteiger partial charge < -0.3 is 16.4 Å². The third kappa shape index (κ3) is 4.23. The Hall–Kier alpha value is -2.01. The maximum atomic E-state index is 12.2. The first-order valence-corrected chi connectivity index (χ1v) is 7.59. The van der Waals surface area contributed by atoms with Crippen LogP contribution in [0.25, 0.3) is 0 Å². The van der Waals surface area contributed by atoms with E-state index in [9.17, 15) is 4.79 Å². The van der Waals surface area contributed by atoms with Crippen molar-refractivity contribution in [3.63, 3.8) is 0 Å². The van der Waals surface area contributed by atoms with Crippen molar-refractivity contribution in [2.24, 2.45) is 0 Å². The van der Waals surface area contributed by atoms with Crippen molar-refractivity contribution >= 4 is 38.9 Å². The number of hydrogen-bond acceptors (Lipinski definition) is 3. The fourth-order valence-corrected chi connectivity index (χ4v) is 2.15. The number of nitrogen functional groups attached to an aromatic ring is 1. The van der Waals surface area contributed by atoms with E-state index in [-0.39, 0.29) is 5.91 Å². The molecule has 1 amide bonds. The molecule has 0 unspecified atom stereocenters. The van der Waals surface area contributed by atoms with Crippen molar-refractivity contribution < 1.29 is 4.79 Å². The zero-order valence-corrected chi connectivity index (χ0v) is 13.4. The van der Waals surface area contributed by atoms with Crippen LogP contribution in [0.3, 0.4) is 0 Å². The molecule has 0 bridgehead atoms. The highest BCUT2D eigenvalue weighted by Crippen LogP contribution is 2.24. The van der Waals surface area contributed by atoms with Crippen LogP contribution in [0.1, 0.15) is 23.7 Å². The number of amides is 1. The van der Waals surface area contributed by atoms with Gasteiger partial charge in [-0.15, -0.1) is 0 Å². The third-order valence-corrected chi connectivity index (χ3v) is 3.48. The molecular weight excluding hydrogens is 330 g/mol. The summed E-state index contributed by atoms with van der Waals surface area (Å²) in [4.78, 5) is 12.2. The Morgan fingerprint density at radius 1 is 1.19 bits per heavy atom. The van der Waals surface area contributed by atoms with Gasteiger partial charge in [-0.1, -0.05) is 22.9 Å². The number of nitrogens with one attached hydrogen (secondary N) is 2. The van der Waals surface area contributed by atoms with E-state index < -0.39 is 0 Å². The van der Waals surface area contributed by atoms with Crippen molar-refractivity contribution in [3.05, 3.63) is 52.5 Å². The van der Waals surface area contributed by atoms with E-state index in [0.717, 1.165) is 22.3 Å². The van der Waals surface area contributed by atoms with Crippen LogP contribution < -0.4 is 16.4 Å². The van der Waals surface area contributed by atoms with Crippen LogP contribution in [0.2, 0.25) is 0 Å². The quantitative estimate of drug-likeness (QED) is 0.718. The van der Waals surface area contributed by atoms with Crippen LogP contribution >= 0.6 is 15.9 Å².